The fourth-order valence-corrected chi connectivity index (χ4v) is 2.62. The summed E-state index contributed by atoms with van der Waals surface area (Å²) < 4.78 is 20.8. The average molecular weight is 350 g/mol. The molecule has 3 aromatic rings. The van der Waals surface area contributed by atoms with Crippen LogP contribution in [0.1, 0.15) is 15.9 Å². The molecule has 0 radical (unpaired) electrons. The molecule has 0 aliphatic carbocycles. The van der Waals surface area contributed by atoms with Gasteiger partial charge in [-0.15, -0.1) is 0 Å². The molecule has 0 bridgehead atoms. The number of hydrogen-bond donors (Lipinski definition) is 2. The number of hydrogen-bond acceptors (Lipinski definition) is 3. The smallest absolute Gasteiger partial charge is 0.335 e. The van der Waals surface area contributed by atoms with Crippen molar-refractivity contribution in [3.63, 3.8) is 0 Å². The van der Waals surface area contributed by atoms with Gasteiger partial charge in [-0.05, 0) is 47.9 Å². The van der Waals surface area contributed by atoms with Gasteiger partial charge in [-0.1, -0.05) is 6.07 Å². The molecule has 3 N–H and O–H groups in total. The van der Waals surface area contributed by atoms with Gasteiger partial charge in [-0.2, -0.15) is 0 Å². The number of rotatable bonds is 4. The van der Waals surface area contributed by atoms with Gasteiger partial charge in [0.05, 0.1) is 18.2 Å². The minimum absolute atomic E-state index is 0.156. The van der Waals surface area contributed by atoms with E-state index in [4.69, 9.17) is 15.6 Å². The molecule has 6 heteroatoms. The molecule has 5 nitrogen and oxygen atoms in total. The highest BCUT2D eigenvalue weighted by Crippen LogP contribution is 2.29. The Balaban J connectivity index is 2.07. The van der Waals surface area contributed by atoms with Crippen LogP contribution in [0.3, 0.4) is 0 Å². The second-order valence-electron chi connectivity index (χ2n) is 5.46. The third kappa shape index (κ3) is 3.23. The van der Waals surface area contributed by atoms with Crippen LogP contribution < -0.4 is 10.5 Å². The molecule has 26 heavy (non-hydrogen) atoms. The maximum atomic E-state index is 14.1. The number of carboxylic acid groups (broad SMARTS) is 1. The molecular formula is C20H15FN2O3. The van der Waals surface area contributed by atoms with E-state index >= 15 is 0 Å². The van der Waals surface area contributed by atoms with E-state index in [1.54, 1.807) is 41.2 Å². The van der Waals surface area contributed by atoms with Gasteiger partial charge in [-0.3, -0.25) is 0 Å². The Hall–Kier alpha value is -3.72. The summed E-state index contributed by atoms with van der Waals surface area (Å²) >= 11 is 0. The Kier molecular flexibility index (Phi) is 4.63. The van der Waals surface area contributed by atoms with Gasteiger partial charge in [0.2, 0.25) is 0 Å². The quantitative estimate of drug-likeness (QED) is 0.559. The summed E-state index contributed by atoms with van der Waals surface area (Å²) in [6.45, 7) is 0. The first kappa shape index (κ1) is 17.1. The fourth-order valence-electron chi connectivity index (χ4n) is 2.62. The van der Waals surface area contributed by atoms with Crippen LogP contribution in [0.25, 0.3) is 16.8 Å². The molecule has 0 aliphatic heterocycles. The van der Waals surface area contributed by atoms with Crippen LogP contribution in [-0.4, -0.2) is 22.8 Å². The van der Waals surface area contributed by atoms with Gasteiger partial charge < -0.3 is 20.1 Å². The van der Waals surface area contributed by atoms with E-state index in [1.807, 2.05) is 0 Å². The normalized spacial score (nSPS) is 10.1. The highest BCUT2D eigenvalue weighted by molar-refractivity contribution is 5.87. The lowest BCUT2D eigenvalue weighted by molar-refractivity contribution is 0.0697. The van der Waals surface area contributed by atoms with Gasteiger partial charge in [0.15, 0.2) is 11.6 Å². The van der Waals surface area contributed by atoms with Crippen molar-refractivity contribution in [2.24, 2.45) is 5.73 Å². The fraction of sp³-hybridized carbons (Fsp3) is 0.0500. The molecule has 130 valence electrons. The van der Waals surface area contributed by atoms with Gasteiger partial charge in [0.1, 0.15) is 0 Å². The highest BCUT2D eigenvalue weighted by Gasteiger charge is 2.12. The van der Waals surface area contributed by atoms with E-state index in [0.29, 0.717) is 16.7 Å². The third-order valence-corrected chi connectivity index (χ3v) is 3.91. The van der Waals surface area contributed by atoms with Crippen LogP contribution in [0.15, 0.2) is 54.9 Å². The number of ether oxygens (including phenoxy) is 1. The molecule has 2 aromatic carbocycles. The van der Waals surface area contributed by atoms with Gasteiger partial charge in [0.25, 0.3) is 0 Å². The lowest BCUT2D eigenvalue weighted by atomic mass is 10.0. The van der Waals surface area contributed by atoms with Gasteiger partial charge >= 0.3 is 5.97 Å². The van der Waals surface area contributed by atoms with Crippen molar-refractivity contribution < 1.29 is 19.0 Å². The summed E-state index contributed by atoms with van der Waals surface area (Å²) in [5.41, 5.74) is 8.25. The monoisotopic (exact) mass is 350 g/mol. The van der Waals surface area contributed by atoms with Crippen molar-refractivity contribution in [3.8, 4) is 34.5 Å². The maximum Gasteiger partial charge on any atom is 0.335 e. The predicted octanol–water partition coefficient (Wildman–Crippen LogP) is 3.26. The number of carbonyl (C=O) groups is 1. The number of halogens is 1. The first-order valence-corrected chi connectivity index (χ1v) is 7.64. The second kappa shape index (κ2) is 7.03. The van der Waals surface area contributed by atoms with Crippen LogP contribution in [0.2, 0.25) is 0 Å². The standard InChI is InChI=1S/C20H15FN2O3/c1-26-19-7-4-14(10-18(19)21)17-12-23(11-15(17)8-9-22)16-5-2-13(3-6-16)20(24)25/h2-7,10-12H,22H2,1H3,(H,24,25). The lowest BCUT2D eigenvalue weighted by Crippen LogP contribution is -1.97. The molecule has 0 unspecified atom stereocenters. The van der Waals surface area contributed by atoms with Crippen molar-refractivity contribution in [3.05, 3.63) is 71.8 Å². The molecule has 0 saturated heterocycles. The van der Waals surface area contributed by atoms with Gasteiger partial charge in [0, 0.05) is 29.7 Å². The largest absolute Gasteiger partial charge is 0.494 e. The zero-order valence-corrected chi connectivity index (χ0v) is 13.9. The Morgan fingerprint density at radius 3 is 2.50 bits per heavy atom. The average Bonchev–Trinajstić information content (AvgIpc) is 3.06. The second-order valence-corrected chi connectivity index (χ2v) is 5.46. The summed E-state index contributed by atoms with van der Waals surface area (Å²) in [5, 5.41) is 9.00. The molecule has 0 amide bonds. The summed E-state index contributed by atoms with van der Waals surface area (Å²) in [5.74, 6) is 1.49. The zero-order chi connectivity index (χ0) is 18.7. The Morgan fingerprint density at radius 1 is 1.19 bits per heavy atom. The van der Waals surface area contributed by atoms with Crippen LogP contribution in [0.4, 0.5) is 4.39 Å². The molecular weight excluding hydrogens is 335 g/mol. The summed E-state index contributed by atoms with van der Waals surface area (Å²) in [6.07, 6.45) is 3.55. The minimum atomic E-state index is -0.992. The van der Waals surface area contributed by atoms with Gasteiger partial charge in [-0.25, -0.2) is 9.18 Å². The Bertz CT molecular complexity index is 1030. The molecule has 1 heterocycles. The number of nitrogens with zero attached hydrogens (tertiary/aromatic N) is 1. The van der Waals surface area contributed by atoms with Crippen molar-refractivity contribution in [2.45, 2.75) is 0 Å². The lowest BCUT2D eigenvalue weighted by Gasteiger charge is -2.05. The molecule has 1 aromatic heterocycles. The molecule has 3 rings (SSSR count). The number of nitrogens with two attached hydrogens (primary N) is 1. The number of methoxy groups -OCH3 is 1. The first-order chi connectivity index (χ1) is 12.5. The number of aromatic nitrogens is 1. The van der Waals surface area contributed by atoms with E-state index in [2.05, 4.69) is 12.0 Å². The summed E-state index contributed by atoms with van der Waals surface area (Å²) in [6, 6.07) is 13.4. The summed E-state index contributed by atoms with van der Waals surface area (Å²) in [7, 11) is 1.40. The number of aromatic carboxylic acids is 1. The molecule has 0 aliphatic rings. The topological polar surface area (TPSA) is 77.5 Å². The highest BCUT2D eigenvalue weighted by atomic mass is 19.1. The molecule has 0 fully saturated rings. The zero-order valence-electron chi connectivity index (χ0n) is 13.9. The SMILES string of the molecule is COc1ccc(-c2cn(-c3ccc(C(=O)O)cc3)cc2C#CN)cc1F. The molecule has 0 saturated carbocycles. The summed E-state index contributed by atoms with van der Waals surface area (Å²) in [4.78, 5) is 11.0. The van der Waals surface area contributed by atoms with Crippen LogP contribution in [0, 0.1) is 17.8 Å². The maximum absolute atomic E-state index is 14.1. The first-order valence-electron chi connectivity index (χ1n) is 7.64. The van der Waals surface area contributed by atoms with Crippen LogP contribution in [-0.2, 0) is 0 Å². The number of carboxylic acids is 1. The Morgan fingerprint density at radius 2 is 1.92 bits per heavy atom. The van der Waals surface area contributed by atoms with Crippen LogP contribution in [0.5, 0.6) is 5.75 Å². The minimum Gasteiger partial charge on any atom is -0.494 e. The Labute approximate surface area is 149 Å². The molecule has 0 atom stereocenters. The van der Waals surface area contributed by atoms with E-state index < -0.39 is 11.8 Å². The van der Waals surface area contributed by atoms with Crippen molar-refractivity contribution in [2.75, 3.05) is 7.11 Å². The predicted molar refractivity (Wildman–Crippen MR) is 95.7 cm³/mol. The van der Waals surface area contributed by atoms with E-state index in [-0.39, 0.29) is 11.3 Å². The van der Waals surface area contributed by atoms with E-state index in [0.717, 1.165) is 5.69 Å². The molecule has 0 spiro atoms. The van der Waals surface area contributed by atoms with E-state index in [1.165, 1.54) is 25.3 Å². The van der Waals surface area contributed by atoms with Crippen molar-refractivity contribution >= 4 is 5.97 Å². The van der Waals surface area contributed by atoms with Crippen molar-refractivity contribution in [1.82, 2.24) is 4.57 Å². The van der Waals surface area contributed by atoms with Crippen LogP contribution >= 0.6 is 0 Å². The third-order valence-electron chi connectivity index (χ3n) is 3.91. The number of benzene rings is 2. The van der Waals surface area contributed by atoms with E-state index in [9.17, 15) is 9.18 Å². The van der Waals surface area contributed by atoms with Crippen molar-refractivity contribution in [1.29, 1.82) is 0 Å².